The average Bonchev–Trinajstić information content (AvgIpc) is 2.36. The van der Waals surface area contributed by atoms with E-state index in [1.54, 1.807) is 0 Å². The Kier molecular flexibility index (Phi) is 3.81. The summed E-state index contributed by atoms with van der Waals surface area (Å²) in [6, 6.07) is 7.63. The van der Waals surface area contributed by atoms with Crippen LogP contribution in [0.3, 0.4) is 0 Å². The summed E-state index contributed by atoms with van der Waals surface area (Å²) in [5, 5.41) is 3.03. The number of aryl methyl sites for hydroxylation is 1. The third-order valence-corrected chi connectivity index (χ3v) is 3.01. The fourth-order valence-corrected chi connectivity index (χ4v) is 1.82. The first-order valence-electron chi connectivity index (χ1n) is 5.56. The minimum absolute atomic E-state index is 0.578. The van der Waals surface area contributed by atoms with E-state index < -0.39 is 0 Å². The van der Waals surface area contributed by atoms with Crippen LogP contribution in [0.5, 0.6) is 11.6 Å². The molecule has 1 heterocycles. The second-order valence-corrected chi connectivity index (χ2v) is 4.77. The third kappa shape index (κ3) is 2.79. The molecule has 0 bridgehead atoms. The molecule has 4 nitrogen and oxygen atoms in total. The van der Waals surface area contributed by atoms with Crippen molar-refractivity contribution < 1.29 is 4.74 Å². The molecule has 0 radical (unpaired) electrons. The van der Waals surface area contributed by atoms with Gasteiger partial charge in [-0.05, 0) is 38.1 Å². The van der Waals surface area contributed by atoms with Crippen molar-refractivity contribution in [3.8, 4) is 11.6 Å². The van der Waals surface area contributed by atoms with E-state index in [9.17, 15) is 0 Å². The second kappa shape index (κ2) is 5.35. The molecular weight excluding hydrogens is 294 g/mol. The van der Waals surface area contributed by atoms with Gasteiger partial charge in [0.05, 0.1) is 5.56 Å². The molecule has 0 saturated carbocycles. The third-order valence-electron chi connectivity index (χ3n) is 2.48. The summed E-state index contributed by atoms with van der Waals surface area (Å²) in [4.78, 5) is 8.61. The standard InChI is InChI=1S/C13H14BrN3O/c1-8-12(15-3)16-9(2)17-13(8)18-11-6-4-10(14)5-7-11/h4-7H,1-3H3,(H,15,16,17). The van der Waals surface area contributed by atoms with Crippen molar-refractivity contribution in [2.45, 2.75) is 13.8 Å². The summed E-state index contributed by atoms with van der Waals surface area (Å²) in [5.74, 6) is 2.79. The van der Waals surface area contributed by atoms with Crippen LogP contribution in [0.4, 0.5) is 5.82 Å². The van der Waals surface area contributed by atoms with Crippen LogP contribution in [0.1, 0.15) is 11.4 Å². The summed E-state index contributed by atoms with van der Waals surface area (Å²) in [5.41, 5.74) is 0.894. The quantitative estimate of drug-likeness (QED) is 0.939. The molecule has 0 unspecified atom stereocenters. The van der Waals surface area contributed by atoms with Gasteiger partial charge in [-0.2, -0.15) is 4.98 Å². The summed E-state index contributed by atoms with van der Waals surface area (Å²) in [7, 11) is 1.83. The van der Waals surface area contributed by atoms with Gasteiger partial charge < -0.3 is 10.1 Å². The summed E-state index contributed by atoms with van der Waals surface area (Å²) >= 11 is 3.39. The van der Waals surface area contributed by atoms with E-state index in [0.717, 1.165) is 21.6 Å². The van der Waals surface area contributed by atoms with Gasteiger partial charge in [0.2, 0.25) is 5.88 Å². The molecule has 0 aliphatic heterocycles. The summed E-state index contributed by atoms with van der Waals surface area (Å²) in [6.07, 6.45) is 0. The van der Waals surface area contributed by atoms with Gasteiger partial charge >= 0.3 is 0 Å². The molecule has 0 saturated heterocycles. The van der Waals surface area contributed by atoms with Crippen LogP contribution in [0.2, 0.25) is 0 Å². The largest absolute Gasteiger partial charge is 0.439 e. The number of halogens is 1. The summed E-state index contributed by atoms with van der Waals surface area (Å²) in [6.45, 7) is 3.77. The van der Waals surface area contributed by atoms with E-state index >= 15 is 0 Å². The highest BCUT2D eigenvalue weighted by atomic mass is 79.9. The molecule has 0 atom stereocenters. The molecule has 0 amide bonds. The Hall–Kier alpha value is -1.62. The van der Waals surface area contributed by atoms with Crippen LogP contribution >= 0.6 is 15.9 Å². The first kappa shape index (κ1) is 12.8. The highest BCUT2D eigenvalue weighted by Crippen LogP contribution is 2.27. The van der Waals surface area contributed by atoms with Gasteiger partial charge in [-0.25, -0.2) is 4.98 Å². The van der Waals surface area contributed by atoms with Gasteiger partial charge in [-0.15, -0.1) is 0 Å². The Balaban J connectivity index is 2.34. The molecule has 94 valence electrons. The van der Waals surface area contributed by atoms with Crippen molar-refractivity contribution in [2.75, 3.05) is 12.4 Å². The van der Waals surface area contributed by atoms with Gasteiger partial charge in [0.15, 0.2) is 0 Å². The number of nitrogens with zero attached hydrogens (tertiary/aromatic N) is 2. The van der Waals surface area contributed by atoms with Crippen molar-refractivity contribution in [2.24, 2.45) is 0 Å². The predicted octanol–water partition coefficient (Wildman–Crippen LogP) is 3.69. The first-order valence-corrected chi connectivity index (χ1v) is 6.36. The lowest BCUT2D eigenvalue weighted by Crippen LogP contribution is -2.02. The number of ether oxygens (including phenoxy) is 1. The maximum atomic E-state index is 5.78. The number of hydrogen-bond acceptors (Lipinski definition) is 4. The van der Waals surface area contributed by atoms with Gasteiger partial charge in [-0.1, -0.05) is 15.9 Å². The molecule has 1 aromatic heterocycles. The molecule has 5 heteroatoms. The smallest absolute Gasteiger partial charge is 0.227 e. The van der Waals surface area contributed by atoms with E-state index in [0.29, 0.717) is 11.7 Å². The molecule has 2 aromatic rings. The second-order valence-electron chi connectivity index (χ2n) is 3.86. The molecule has 1 N–H and O–H groups in total. The van der Waals surface area contributed by atoms with Gasteiger partial charge in [0.1, 0.15) is 17.4 Å². The van der Waals surface area contributed by atoms with Crippen LogP contribution in [0.15, 0.2) is 28.7 Å². The monoisotopic (exact) mass is 307 g/mol. The fraction of sp³-hybridized carbons (Fsp3) is 0.231. The lowest BCUT2D eigenvalue weighted by molar-refractivity contribution is 0.456. The molecule has 0 fully saturated rings. The maximum absolute atomic E-state index is 5.78. The number of anilines is 1. The zero-order valence-corrected chi connectivity index (χ0v) is 12.1. The molecule has 1 aromatic carbocycles. The van der Waals surface area contributed by atoms with Crippen molar-refractivity contribution in [3.05, 3.63) is 40.1 Å². The van der Waals surface area contributed by atoms with Crippen LogP contribution < -0.4 is 10.1 Å². The number of aromatic nitrogens is 2. The Morgan fingerprint density at radius 3 is 2.39 bits per heavy atom. The first-order chi connectivity index (χ1) is 8.60. The molecule has 0 aliphatic rings. The topological polar surface area (TPSA) is 47.0 Å². The minimum atomic E-state index is 0.578. The number of rotatable bonds is 3. The minimum Gasteiger partial charge on any atom is -0.439 e. The van der Waals surface area contributed by atoms with E-state index in [1.807, 2.05) is 45.2 Å². The van der Waals surface area contributed by atoms with Gasteiger partial charge in [0.25, 0.3) is 0 Å². The van der Waals surface area contributed by atoms with E-state index in [1.165, 1.54) is 0 Å². The SMILES string of the molecule is CNc1nc(C)nc(Oc2ccc(Br)cc2)c1C. The molecule has 0 aliphatic carbocycles. The van der Waals surface area contributed by atoms with Crippen LogP contribution in [-0.4, -0.2) is 17.0 Å². The zero-order chi connectivity index (χ0) is 13.1. The van der Waals surface area contributed by atoms with Crippen molar-refractivity contribution in [1.82, 2.24) is 9.97 Å². The Bertz CT molecular complexity index is 555. The van der Waals surface area contributed by atoms with Gasteiger partial charge in [-0.3, -0.25) is 0 Å². The molecular formula is C13H14BrN3O. The maximum Gasteiger partial charge on any atom is 0.227 e. The van der Waals surface area contributed by atoms with E-state index in [4.69, 9.17) is 4.74 Å². The number of benzene rings is 1. The Morgan fingerprint density at radius 1 is 1.11 bits per heavy atom. The zero-order valence-electron chi connectivity index (χ0n) is 10.5. The number of nitrogens with one attached hydrogen (secondary N) is 1. The Morgan fingerprint density at radius 2 is 1.78 bits per heavy atom. The number of hydrogen-bond donors (Lipinski definition) is 1. The normalized spacial score (nSPS) is 10.2. The predicted molar refractivity (Wildman–Crippen MR) is 75.3 cm³/mol. The van der Waals surface area contributed by atoms with E-state index in [-0.39, 0.29) is 0 Å². The molecule has 0 spiro atoms. The highest BCUT2D eigenvalue weighted by Gasteiger charge is 2.10. The summed E-state index contributed by atoms with van der Waals surface area (Å²) < 4.78 is 6.79. The molecule has 18 heavy (non-hydrogen) atoms. The molecule has 2 rings (SSSR count). The fourth-order valence-electron chi connectivity index (χ4n) is 1.56. The van der Waals surface area contributed by atoms with Crippen molar-refractivity contribution in [3.63, 3.8) is 0 Å². The average molecular weight is 308 g/mol. The lowest BCUT2D eigenvalue weighted by Gasteiger charge is -2.11. The van der Waals surface area contributed by atoms with Crippen LogP contribution in [0, 0.1) is 13.8 Å². The van der Waals surface area contributed by atoms with Crippen LogP contribution in [0.25, 0.3) is 0 Å². The lowest BCUT2D eigenvalue weighted by atomic mass is 10.3. The Labute approximate surface area is 115 Å². The van der Waals surface area contributed by atoms with Crippen molar-refractivity contribution in [1.29, 1.82) is 0 Å². The van der Waals surface area contributed by atoms with Gasteiger partial charge in [0, 0.05) is 11.5 Å². The van der Waals surface area contributed by atoms with Crippen molar-refractivity contribution >= 4 is 21.7 Å². The van der Waals surface area contributed by atoms with E-state index in [2.05, 4.69) is 31.2 Å². The highest BCUT2D eigenvalue weighted by molar-refractivity contribution is 9.10. The van der Waals surface area contributed by atoms with Crippen LogP contribution in [-0.2, 0) is 0 Å².